The van der Waals surface area contributed by atoms with Gasteiger partial charge in [0.1, 0.15) is 29.7 Å². The van der Waals surface area contributed by atoms with Crippen LogP contribution in [0.2, 0.25) is 5.02 Å². The summed E-state index contributed by atoms with van der Waals surface area (Å²) >= 11 is 5.88. The molecule has 1 aliphatic carbocycles. The number of rotatable bonds is 7. The largest absolute Gasteiger partial charge is 0.497 e. The second kappa shape index (κ2) is 10.9. The van der Waals surface area contributed by atoms with Crippen molar-refractivity contribution in [3.05, 3.63) is 87.9 Å². The topological polar surface area (TPSA) is 59.0 Å². The first-order chi connectivity index (χ1) is 18.3. The maximum atomic E-state index is 15.1. The number of halogens is 3. The molecule has 0 radical (unpaired) electrons. The van der Waals surface area contributed by atoms with Gasteiger partial charge in [-0.2, -0.15) is 0 Å². The molecule has 1 aliphatic heterocycles. The molecule has 0 saturated heterocycles. The summed E-state index contributed by atoms with van der Waals surface area (Å²) in [6.07, 6.45) is 2.73. The first-order valence-corrected chi connectivity index (χ1v) is 13.2. The Bertz CT molecular complexity index is 1320. The predicted molar refractivity (Wildman–Crippen MR) is 142 cm³/mol. The Hall–Kier alpha value is -3.16. The Kier molecular flexibility index (Phi) is 7.59. The van der Waals surface area contributed by atoms with Gasteiger partial charge in [-0.25, -0.2) is 8.78 Å². The molecular formula is C30H30ClF2NO4. The van der Waals surface area contributed by atoms with Gasteiger partial charge in [-0.15, -0.1) is 0 Å². The highest BCUT2D eigenvalue weighted by molar-refractivity contribution is 6.30. The molecule has 2 aliphatic rings. The van der Waals surface area contributed by atoms with Crippen LogP contribution in [-0.4, -0.2) is 30.3 Å². The molecule has 1 N–H and O–H groups in total. The zero-order valence-corrected chi connectivity index (χ0v) is 21.9. The number of fused-ring (bicyclic) bond motifs is 1. The molecular weight excluding hydrogens is 512 g/mol. The smallest absolute Gasteiger partial charge is 0.227 e. The van der Waals surface area contributed by atoms with E-state index in [-0.39, 0.29) is 42.9 Å². The lowest BCUT2D eigenvalue weighted by Crippen LogP contribution is -2.40. The van der Waals surface area contributed by atoms with Gasteiger partial charge < -0.3 is 19.5 Å². The number of nitrogens with zero attached hydrogens (tertiary/aromatic N) is 1. The Morgan fingerprint density at radius 1 is 1.03 bits per heavy atom. The lowest BCUT2D eigenvalue weighted by Gasteiger charge is -2.37. The van der Waals surface area contributed by atoms with Crippen LogP contribution in [0.25, 0.3) is 0 Å². The normalized spacial score (nSPS) is 21.2. The molecule has 0 atom stereocenters. The van der Waals surface area contributed by atoms with Crippen LogP contribution in [0.1, 0.15) is 54.7 Å². The van der Waals surface area contributed by atoms with E-state index in [4.69, 9.17) is 21.1 Å². The monoisotopic (exact) mass is 541 g/mol. The second-order valence-corrected chi connectivity index (χ2v) is 10.6. The lowest BCUT2D eigenvalue weighted by molar-refractivity contribution is -0.119. The first kappa shape index (κ1) is 26.4. The minimum absolute atomic E-state index is 0.00338. The van der Waals surface area contributed by atoms with Crippen molar-refractivity contribution in [2.75, 3.05) is 18.6 Å². The molecule has 1 amide bonds. The minimum Gasteiger partial charge on any atom is -0.497 e. The van der Waals surface area contributed by atoms with Crippen molar-refractivity contribution in [3.63, 3.8) is 0 Å². The summed E-state index contributed by atoms with van der Waals surface area (Å²) in [5.74, 6) is 0.201. The first-order valence-electron chi connectivity index (χ1n) is 12.8. The van der Waals surface area contributed by atoms with Gasteiger partial charge in [-0.05, 0) is 85.5 Å². The summed E-state index contributed by atoms with van der Waals surface area (Å²) in [7, 11) is 1.58. The van der Waals surface area contributed by atoms with Crippen molar-refractivity contribution in [1.82, 2.24) is 0 Å². The van der Waals surface area contributed by atoms with Crippen LogP contribution in [0.4, 0.5) is 14.5 Å². The molecule has 1 heterocycles. The molecule has 38 heavy (non-hydrogen) atoms. The van der Waals surface area contributed by atoms with Gasteiger partial charge in [0.25, 0.3) is 0 Å². The number of hydrogen-bond acceptors (Lipinski definition) is 4. The number of aliphatic hydroxyl groups is 1. The summed E-state index contributed by atoms with van der Waals surface area (Å²) in [5, 5.41) is 11.6. The van der Waals surface area contributed by atoms with Crippen molar-refractivity contribution in [2.24, 2.45) is 0 Å². The van der Waals surface area contributed by atoms with Crippen LogP contribution in [0.15, 0.2) is 54.6 Å². The highest BCUT2D eigenvalue weighted by Crippen LogP contribution is 2.41. The summed E-state index contributed by atoms with van der Waals surface area (Å²) in [6, 6.07) is 14.9. The molecule has 5 nitrogen and oxygen atoms in total. The molecule has 3 aromatic carbocycles. The van der Waals surface area contributed by atoms with E-state index >= 15 is 4.39 Å². The number of carbonyl (C=O) groups is 1. The van der Waals surface area contributed by atoms with E-state index < -0.39 is 11.4 Å². The number of carbonyl (C=O) groups excluding carboxylic acids is 1. The third-order valence-electron chi connectivity index (χ3n) is 7.67. The van der Waals surface area contributed by atoms with E-state index in [0.29, 0.717) is 59.8 Å². The van der Waals surface area contributed by atoms with Crippen molar-refractivity contribution >= 4 is 23.2 Å². The zero-order valence-electron chi connectivity index (χ0n) is 21.2. The predicted octanol–water partition coefficient (Wildman–Crippen LogP) is 6.57. The van der Waals surface area contributed by atoms with Gasteiger partial charge in [0, 0.05) is 17.0 Å². The van der Waals surface area contributed by atoms with Gasteiger partial charge >= 0.3 is 0 Å². The third kappa shape index (κ3) is 5.49. The van der Waals surface area contributed by atoms with Crippen LogP contribution in [0.3, 0.4) is 0 Å². The fourth-order valence-corrected chi connectivity index (χ4v) is 5.64. The van der Waals surface area contributed by atoms with E-state index in [9.17, 15) is 14.3 Å². The fraction of sp³-hybridized carbons (Fsp3) is 0.367. The van der Waals surface area contributed by atoms with Crippen LogP contribution in [0, 0.1) is 11.6 Å². The standard InChI is InChI=1S/C30H30ClF2NO4/c1-37-22-5-2-19(3-6-22)17-34-28(35)11-8-24-27(10-9-25(32)29(24)34)38-18-30(36)14-12-20(13-15-30)23-7-4-21(31)16-26(23)33/h2-7,9-10,16,20,36H,8,11-15,17-18H2,1H3/t20-,30-. The number of amides is 1. The van der Waals surface area contributed by atoms with E-state index in [1.54, 1.807) is 37.4 Å². The van der Waals surface area contributed by atoms with E-state index in [0.717, 1.165) is 5.56 Å². The van der Waals surface area contributed by atoms with E-state index in [1.165, 1.54) is 17.0 Å². The van der Waals surface area contributed by atoms with Crippen LogP contribution >= 0.6 is 11.6 Å². The molecule has 8 heteroatoms. The average molecular weight is 542 g/mol. The molecule has 1 saturated carbocycles. The molecule has 0 spiro atoms. The molecule has 1 fully saturated rings. The molecule has 200 valence electrons. The minimum atomic E-state index is -1.08. The maximum absolute atomic E-state index is 15.1. The Morgan fingerprint density at radius 2 is 1.76 bits per heavy atom. The molecule has 0 bridgehead atoms. The summed E-state index contributed by atoms with van der Waals surface area (Å²) in [4.78, 5) is 14.3. The van der Waals surface area contributed by atoms with Gasteiger partial charge in [-0.3, -0.25) is 4.79 Å². The van der Waals surface area contributed by atoms with Crippen molar-refractivity contribution in [1.29, 1.82) is 0 Å². The number of benzene rings is 3. The summed E-state index contributed by atoms with van der Waals surface area (Å²) in [6.45, 7) is 0.260. The van der Waals surface area contributed by atoms with E-state index in [1.807, 2.05) is 12.1 Å². The number of hydrogen-bond donors (Lipinski definition) is 1. The molecule has 0 unspecified atom stereocenters. The van der Waals surface area contributed by atoms with Crippen molar-refractivity contribution < 1.29 is 28.2 Å². The summed E-state index contributed by atoms with van der Waals surface area (Å²) < 4.78 is 40.7. The average Bonchev–Trinajstić information content (AvgIpc) is 2.91. The highest BCUT2D eigenvalue weighted by atomic mass is 35.5. The molecule has 5 rings (SSSR count). The van der Waals surface area contributed by atoms with Gasteiger partial charge in [0.15, 0.2) is 0 Å². The lowest BCUT2D eigenvalue weighted by atomic mass is 9.76. The molecule has 3 aromatic rings. The number of methoxy groups -OCH3 is 1. The quantitative estimate of drug-likeness (QED) is 0.367. The fourth-order valence-electron chi connectivity index (χ4n) is 5.49. The highest BCUT2D eigenvalue weighted by Gasteiger charge is 2.36. The molecule has 0 aromatic heterocycles. The Balaban J connectivity index is 1.29. The SMILES string of the molecule is COc1ccc(CN2C(=O)CCc3c(OC[C@]4(O)CC[C@H](c5ccc(Cl)cc5F)CC4)ccc(F)c32)cc1. The van der Waals surface area contributed by atoms with Crippen LogP contribution in [0.5, 0.6) is 11.5 Å². The second-order valence-electron chi connectivity index (χ2n) is 10.2. The van der Waals surface area contributed by atoms with Gasteiger partial charge in [-0.1, -0.05) is 29.8 Å². The van der Waals surface area contributed by atoms with Gasteiger partial charge in [0.05, 0.1) is 24.9 Å². The van der Waals surface area contributed by atoms with Crippen LogP contribution in [-0.2, 0) is 17.8 Å². The number of anilines is 1. The summed E-state index contributed by atoms with van der Waals surface area (Å²) in [5.41, 5.74) is 1.24. The van der Waals surface area contributed by atoms with Crippen molar-refractivity contribution in [3.8, 4) is 11.5 Å². The third-order valence-corrected chi connectivity index (χ3v) is 7.90. The van der Waals surface area contributed by atoms with Gasteiger partial charge in [0.2, 0.25) is 5.91 Å². The van der Waals surface area contributed by atoms with Crippen LogP contribution < -0.4 is 14.4 Å². The van der Waals surface area contributed by atoms with Crippen molar-refractivity contribution in [2.45, 2.75) is 56.6 Å². The number of ether oxygens (including phenoxy) is 2. The zero-order chi connectivity index (χ0) is 26.9. The Labute approximate surface area is 225 Å². The Morgan fingerprint density at radius 3 is 2.45 bits per heavy atom. The van der Waals surface area contributed by atoms with E-state index in [2.05, 4.69) is 0 Å². The maximum Gasteiger partial charge on any atom is 0.227 e.